The Morgan fingerprint density at radius 3 is 2.88 bits per heavy atom. The molecule has 180 valence electrons. The molecule has 3 aliphatic rings. The zero-order valence-electron chi connectivity index (χ0n) is 19.4. The summed E-state index contributed by atoms with van der Waals surface area (Å²) in [6.45, 7) is 5.90. The van der Waals surface area contributed by atoms with Crippen molar-refractivity contribution >= 4 is 23.6 Å². The van der Waals surface area contributed by atoms with E-state index in [0.29, 0.717) is 24.2 Å². The molecule has 0 unspecified atom stereocenters. The highest BCUT2D eigenvalue weighted by Crippen LogP contribution is 2.61. The van der Waals surface area contributed by atoms with Gasteiger partial charge in [0, 0.05) is 28.6 Å². The molecule has 0 radical (unpaired) electrons. The molecular formula is C24H33N3O5S. The van der Waals surface area contributed by atoms with Crippen molar-refractivity contribution in [2.45, 2.75) is 69.6 Å². The number of nitrogens with one attached hydrogen (secondary N) is 1. The van der Waals surface area contributed by atoms with Crippen molar-refractivity contribution in [2.75, 3.05) is 13.2 Å². The number of hydrogen-bond donors (Lipinski definition) is 3. The third-order valence-electron chi connectivity index (χ3n) is 7.93. The number of amides is 1. The molecule has 2 saturated carbocycles. The number of carbonyl (C=O) groups excluding carboxylic acids is 1. The quantitative estimate of drug-likeness (QED) is 0.310. The summed E-state index contributed by atoms with van der Waals surface area (Å²) in [5, 5.41) is 27.8. The predicted octanol–water partition coefficient (Wildman–Crippen LogP) is 4.10. The zero-order chi connectivity index (χ0) is 23.8. The minimum Gasteiger partial charge on any atom is -0.508 e. The van der Waals surface area contributed by atoms with Crippen molar-refractivity contribution in [3.8, 4) is 5.75 Å². The normalized spacial score (nSPS) is 31.9. The van der Waals surface area contributed by atoms with Gasteiger partial charge in [-0.15, -0.1) is 4.91 Å². The molecule has 33 heavy (non-hydrogen) atoms. The molecule has 0 spiro atoms. The van der Waals surface area contributed by atoms with Crippen molar-refractivity contribution in [1.82, 2.24) is 5.32 Å². The van der Waals surface area contributed by atoms with Crippen LogP contribution in [0.3, 0.4) is 0 Å². The number of nitroso groups, excluding NO2 is 1. The van der Waals surface area contributed by atoms with Gasteiger partial charge in [-0.3, -0.25) is 4.79 Å². The highest BCUT2D eigenvalue weighted by atomic mass is 32.2. The topological polar surface area (TPSA) is 121 Å². The average molecular weight is 476 g/mol. The Kier molecular flexibility index (Phi) is 6.73. The van der Waals surface area contributed by atoms with Crippen molar-refractivity contribution < 1.29 is 19.8 Å². The molecule has 1 amide bonds. The summed E-state index contributed by atoms with van der Waals surface area (Å²) >= 11 is 0.878. The van der Waals surface area contributed by atoms with Gasteiger partial charge in [0.1, 0.15) is 5.75 Å². The van der Waals surface area contributed by atoms with Gasteiger partial charge in [-0.1, -0.05) is 18.1 Å². The van der Waals surface area contributed by atoms with E-state index in [1.807, 2.05) is 19.9 Å². The molecule has 5 atom stereocenters. The highest BCUT2D eigenvalue weighted by molar-refractivity contribution is 7.99. The number of oxime groups is 1. The third-order valence-corrected chi connectivity index (χ3v) is 8.64. The fourth-order valence-electron chi connectivity index (χ4n) is 6.13. The molecule has 3 N–H and O–H groups in total. The smallest absolute Gasteiger partial charge is 0.260 e. The number of aliphatic hydroxyl groups is 1. The summed E-state index contributed by atoms with van der Waals surface area (Å²) in [7, 11) is 0. The fourth-order valence-corrected chi connectivity index (χ4v) is 6.47. The first-order chi connectivity index (χ1) is 15.6. The number of benzene rings is 1. The molecule has 0 saturated heterocycles. The Balaban J connectivity index is 1.49. The van der Waals surface area contributed by atoms with Crippen LogP contribution >= 0.6 is 11.9 Å². The Hall–Kier alpha value is -2.13. The molecule has 2 fully saturated rings. The lowest BCUT2D eigenvalue weighted by Gasteiger charge is -2.50. The van der Waals surface area contributed by atoms with Crippen molar-refractivity contribution in [1.29, 1.82) is 0 Å². The van der Waals surface area contributed by atoms with Crippen LogP contribution in [0.4, 0.5) is 0 Å². The van der Waals surface area contributed by atoms with E-state index in [-0.39, 0.29) is 36.3 Å². The number of carbonyl (C=O) groups is 1. The van der Waals surface area contributed by atoms with E-state index in [2.05, 4.69) is 22.0 Å². The van der Waals surface area contributed by atoms with Crippen LogP contribution < -0.4 is 5.32 Å². The number of phenolic OH excluding ortho intramolecular Hbond substituents is 1. The largest absolute Gasteiger partial charge is 0.508 e. The van der Waals surface area contributed by atoms with Gasteiger partial charge in [-0.25, -0.2) is 0 Å². The van der Waals surface area contributed by atoms with Crippen LogP contribution in [0.1, 0.15) is 69.9 Å². The molecule has 0 bridgehead atoms. The maximum absolute atomic E-state index is 12.2. The molecule has 0 aliphatic heterocycles. The minimum atomic E-state index is -0.502. The van der Waals surface area contributed by atoms with Gasteiger partial charge in [0.25, 0.3) is 5.91 Å². The van der Waals surface area contributed by atoms with Crippen LogP contribution in [-0.4, -0.2) is 45.8 Å². The first-order valence-corrected chi connectivity index (χ1v) is 12.4. The van der Waals surface area contributed by atoms with Crippen molar-refractivity contribution in [3.05, 3.63) is 34.2 Å². The van der Waals surface area contributed by atoms with Crippen LogP contribution in [0.25, 0.3) is 0 Å². The molecule has 9 heteroatoms. The SMILES string of the molecule is CC(C)(CNC(=O)CO/N=C1\C[C@@H]2[C@H](CC[C@]3(C)[C@@H](O)CC[C@@H]23)c2ccc(O)cc21)SN=O. The fraction of sp³-hybridized carbons (Fsp3) is 0.667. The van der Waals surface area contributed by atoms with Crippen molar-refractivity contribution in [3.63, 3.8) is 0 Å². The second kappa shape index (κ2) is 9.25. The van der Waals surface area contributed by atoms with Gasteiger partial charge in [0.15, 0.2) is 6.61 Å². The molecule has 1 aromatic carbocycles. The van der Waals surface area contributed by atoms with E-state index < -0.39 is 4.75 Å². The highest BCUT2D eigenvalue weighted by Gasteiger charge is 2.55. The summed E-state index contributed by atoms with van der Waals surface area (Å²) in [6.07, 6.45) is 4.28. The lowest BCUT2D eigenvalue weighted by Crippen LogP contribution is -2.45. The maximum atomic E-state index is 12.2. The average Bonchev–Trinajstić information content (AvgIpc) is 3.07. The summed E-state index contributed by atoms with van der Waals surface area (Å²) in [5.41, 5.74) is 2.72. The van der Waals surface area contributed by atoms with Gasteiger partial charge in [-0.2, -0.15) is 0 Å². The Labute approximate surface area is 198 Å². The first-order valence-electron chi connectivity index (χ1n) is 11.6. The molecule has 8 nitrogen and oxygen atoms in total. The van der Waals surface area contributed by atoms with Gasteiger partial charge in [-0.05, 0) is 86.8 Å². The molecule has 1 aromatic rings. The standard InChI is InChI=1S/C24H33N3O5S/c1-23(2,33-27-31)13-25-22(30)12-32-26-20-11-17-16(15-5-4-14(28)10-18(15)20)8-9-24(3)19(17)6-7-21(24)29/h4-5,10,16-17,19,21,28-29H,6-9,11-13H2,1-3H3,(H,25,30)/b26-20+/t16-,17-,19+,21+,24+/m1/s1. The number of fused-ring (bicyclic) bond motifs is 5. The van der Waals surface area contributed by atoms with E-state index >= 15 is 0 Å². The van der Waals surface area contributed by atoms with Crippen LogP contribution in [0.2, 0.25) is 0 Å². The predicted molar refractivity (Wildman–Crippen MR) is 128 cm³/mol. The van der Waals surface area contributed by atoms with E-state index in [1.54, 1.807) is 12.1 Å². The summed E-state index contributed by atoms with van der Waals surface area (Å²) in [5.74, 6) is 0.985. The van der Waals surface area contributed by atoms with Crippen LogP contribution in [0.15, 0.2) is 27.9 Å². The molecule has 4 rings (SSSR count). The van der Waals surface area contributed by atoms with Gasteiger partial charge in [0.05, 0.1) is 16.6 Å². The van der Waals surface area contributed by atoms with Crippen molar-refractivity contribution in [2.24, 2.45) is 27.0 Å². The lowest BCUT2D eigenvalue weighted by atomic mass is 9.55. The van der Waals surface area contributed by atoms with Crippen LogP contribution in [-0.2, 0) is 9.63 Å². The Morgan fingerprint density at radius 1 is 1.33 bits per heavy atom. The summed E-state index contributed by atoms with van der Waals surface area (Å²) in [6, 6.07) is 5.44. The Bertz CT molecular complexity index is 952. The molecule has 3 aliphatic carbocycles. The molecular weight excluding hydrogens is 442 g/mol. The number of hydrogen-bond acceptors (Lipinski definition) is 8. The Morgan fingerprint density at radius 2 is 2.12 bits per heavy atom. The minimum absolute atomic E-state index is 0.0668. The molecule has 0 aromatic heterocycles. The monoisotopic (exact) mass is 475 g/mol. The maximum Gasteiger partial charge on any atom is 0.260 e. The van der Waals surface area contributed by atoms with E-state index in [1.165, 1.54) is 5.56 Å². The second-order valence-corrected chi connectivity index (χ2v) is 11.9. The van der Waals surface area contributed by atoms with E-state index in [0.717, 1.165) is 48.9 Å². The van der Waals surface area contributed by atoms with Gasteiger partial charge in [0.2, 0.25) is 0 Å². The molecule has 0 heterocycles. The lowest BCUT2D eigenvalue weighted by molar-refractivity contribution is -0.125. The third kappa shape index (κ3) is 4.75. The number of nitrogens with zero attached hydrogens (tertiary/aromatic N) is 2. The van der Waals surface area contributed by atoms with Gasteiger partial charge < -0.3 is 20.4 Å². The number of aromatic hydroxyl groups is 1. The van der Waals surface area contributed by atoms with Crippen LogP contribution in [0.5, 0.6) is 5.75 Å². The van der Waals surface area contributed by atoms with Gasteiger partial charge >= 0.3 is 0 Å². The summed E-state index contributed by atoms with van der Waals surface area (Å²) < 4.78 is 2.33. The van der Waals surface area contributed by atoms with E-state index in [9.17, 15) is 19.9 Å². The second-order valence-electron chi connectivity index (χ2n) is 10.5. The first kappa shape index (κ1) is 24.0. The number of aliphatic hydroxyl groups excluding tert-OH is 1. The zero-order valence-corrected chi connectivity index (χ0v) is 20.2. The van der Waals surface area contributed by atoms with Crippen LogP contribution in [0, 0.1) is 22.2 Å². The number of rotatable bonds is 7. The number of phenols is 1. The summed E-state index contributed by atoms with van der Waals surface area (Å²) in [4.78, 5) is 28.1. The van der Waals surface area contributed by atoms with E-state index in [4.69, 9.17) is 4.84 Å².